The van der Waals surface area contributed by atoms with Crippen molar-refractivity contribution >= 4 is 33.7 Å². The molecule has 0 atom stereocenters. The number of aryl methyl sites for hydroxylation is 1. The summed E-state index contributed by atoms with van der Waals surface area (Å²) in [7, 11) is -3.68. The monoisotopic (exact) mass is 474 g/mol. The van der Waals surface area contributed by atoms with Gasteiger partial charge in [-0.2, -0.15) is 4.31 Å². The Kier molecular flexibility index (Phi) is 8.35. The average Bonchev–Trinajstić information content (AvgIpc) is 3.08. The number of esters is 1. The normalized spacial score (nSPS) is 15.2. The van der Waals surface area contributed by atoms with Crippen molar-refractivity contribution in [1.29, 1.82) is 0 Å². The molecule has 9 heteroatoms. The number of halogens is 1. The second-order valence-corrected chi connectivity index (χ2v) is 9.75. The molecule has 0 spiro atoms. The molecule has 1 fully saturated rings. The Morgan fingerprint density at radius 1 is 1.09 bits per heavy atom. The van der Waals surface area contributed by atoms with Gasteiger partial charge in [-0.05, 0) is 61.2 Å². The number of hydrogen-bond acceptors (Lipinski definition) is 5. The summed E-state index contributed by atoms with van der Waals surface area (Å²) >= 11 is 0. The fraction of sp³-hybridized carbons (Fsp3) is 0.333. The molecule has 1 saturated heterocycles. The highest BCUT2D eigenvalue weighted by molar-refractivity contribution is 7.89. The van der Waals surface area contributed by atoms with Crippen LogP contribution in [0, 0.1) is 12.7 Å². The number of carbonyl (C=O) groups is 2. The fourth-order valence-corrected chi connectivity index (χ4v) is 5.30. The number of sulfonamides is 1. The standard InChI is InChI=1S/C24H27FN2O5S/c1-18-9-11-21(16-22(18)33(30,31)27-13-4-2-3-5-14-27)26-23(28)17-32-24(29)12-10-19-7-6-8-20(25)15-19/h6-12,15-16H,2-5,13-14,17H2,1H3,(H,26,28)/b12-10+. The molecular formula is C24H27FN2O5S. The molecule has 1 aliphatic heterocycles. The molecule has 1 amide bonds. The third kappa shape index (κ3) is 6.97. The van der Waals surface area contributed by atoms with Crippen LogP contribution in [0.5, 0.6) is 0 Å². The van der Waals surface area contributed by atoms with Gasteiger partial charge < -0.3 is 10.1 Å². The van der Waals surface area contributed by atoms with Crippen LogP contribution >= 0.6 is 0 Å². The number of nitrogens with one attached hydrogen (secondary N) is 1. The Hall–Kier alpha value is -3.04. The van der Waals surface area contributed by atoms with E-state index in [4.69, 9.17) is 4.74 Å². The van der Waals surface area contributed by atoms with E-state index < -0.39 is 34.3 Å². The van der Waals surface area contributed by atoms with Crippen LogP contribution in [-0.4, -0.2) is 44.3 Å². The number of nitrogens with zero attached hydrogens (tertiary/aromatic N) is 1. The van der Waals surface area contributed by atoms with Crippen LogP contribution in [0.15, 0.2) is 53.4 Å². The second kappa shape index (κ2) is 11.2. The first-order chi connectivity index (χ1) is 15.8. The van der Waals surface area contributed by atoms with E-state index in [2.05, 4.69) is 5.32 Å². The minimum atomic E-state index is -3.68. The van der Waals surface area contributed by atoms with Gasteiger partial charge in [0.2, 0.25) is 10.0 Å². The van der Waals surface area contributed by atoms with Crippen molar-refractivity contribution < 1.29 is 27.1 Å². The fourth-order valence-electron chi connectivity index (χ4n) is 3.53. The van der Waals surface area contributed by atoms with Crippen LogP contribution < -0.4 is 5.32 Å². The average molecular weight is 475 g/mol. The lowest BCUT2D eigenvalue weighted by Crippen LogP contribution is -2.32. The summed E-state index contributed by atoms with van der Waals surface area (Å²) < 4.78 is 45.8. The van der Waals surface area contributed by atoms with Gasteiger partial charge in [0.25, 0.3) is 5.91 Å². The molecule has 1 heterocycles. The lowest BCUT2D eigenvalue weighted by molar-refractivity contribution is -0.142. The van der Waals surface area contributed by atoms with E-state index in [1.54, 1.807) is 25.1 Å². The predicted octanol–water partition coefficient (Wildman–Crippen LogP) is 3.89. The number of carbonyl (C=O) groups excluding carboxylic acids is 2. The molecule has 33 heavy (non-hydrogen) atoms. The third-order valence-electron chi connectivity index (χ3n) is 5.26. The van der Waals surface area contributed by atoms with Crippen LogP contribution in [0.3, 0.4) is 0 Å². The Bertz CT molecular complexity index is 1140. The van der Waals surface area contributed by atoms with Gasteiger partial charge in [-0.15, -0.1) is 0 Å². The summed E-state index contributed by atoms with van der Waals surface area (Å²) in [6.45, 7) is 2.13. The van der Waals surface area contributed by atoms with Crippen LogP contribution in [0.2, 0.25) is 0 Å². The minimum absolute atomic E-state index is 0.150. The zero-order chi connectivity index (χ0) is 23.8. The van der Waals surface area contributed by atoms with Crippen LogP contribution in [0.1, 0.15) is 36.8 Å². The number of ether oxygens (including phenoxy) is 1. The number of hydrogen-bond donors (Lipinski definition) is 1. The second-order valence-electron chi connectivity index (χ2n) is 7.84. The molecule has 0 aliphatic carbocycles. The van der Waals surface area contributed by atoms with Gasteiger partial charge in [0.1, 0.15) is 5.82 Å². The van der Waals surface area contributed by atoms with Crippen LogP contribution in [0.4, 0.5) is 10.1 Å². The molecule has 0 aromatic heterocycles. The van der Waals surface area contributed by atoms with E-state index in [1.165, 1.54) is 34.6 Å². The van der Waals surface area contributed by atoms with Gasteiger partial charge in [-0.1, -0.05) is 31.0 Å². The highest BCUT2D eigenvalue weighted by atomic mass is 32.2. The summed E-state index contributed by atoms with van der Waals surface area (Å²) in [4.78, 5) is 24.2. The van der Waals surface area contributed by atoms with Crippen LogP contribution in [-0.2, 0) is 24.3 Å². The molecular weight excluding hydrogens is 447 g/mol. The molecule has 0 bridgehead atoms. The third-order valence-corrected chi connectivity index (χ3v) is 7.30. The summed E-state index contributed by atoms with van der Waals surface area (Å²) in [5.74, 6) is -1.80. The Morgan fingerprint density at radius 3 is 2.52 bits per heavy atom. The zero-order valence-corrected chi connectivity index (χ0v) is 19.2. The Labute approximate surface area is 193 Å². The van der Waals surface area contributed by atoms with Crippen molar-refractivity contribution in [2.45, 2.75) is 37.5 Å². The van der Waals surface area contributed by atoms with Gasteiger partial charge in [0.05, 0.1) is 4.90 Å². The quantitative estimate of drug-likeness (QED) is 0.485. The van der Waals surface area contributed by atoms with E-state index in [1.807, 2.05) is 0 Å². The molecule has 2 aromatic carbocycles. The lowest BCUT2D eigenvalue weighted by atomic mass is 10.2. The van der Waals surface area contributed by atoms with E-state index in [-0.39, 0.29) is 4.90 Å². The lowest BCUT2D eigenvalue weighted by Gasteiger charge is -2.21. The highest BCUT2D eigenvalue weighted by Crippen LogP contribution is 2.25. The van der Waals surface area contributed by atoms with Gasteiger partial charge in [0.15, 0.2) is 6.61 Å². The zero-order valence-electron chi connectivity index (χ0n) is 18.4. The molecule has 0 unspecified atom stereocenters. The molecule has 2 aromatic rings. The maximum Gasteiger partial charge on any atom is 0.331 e. The van der Waals surface area contributed by atoms with Crippen molar-refractivity contribution in [1.82, 2.24) is 4.31 Å². The van der Waals surface area contributed by atoms with E-state index in [9.17, 15) is 22.4 Å². The molecule has 0 saturated carbocycles. The molecule has 3 rings (SSSR count). The smallest absolute Gasteiger partial charge is 0.331 e. The van der Waals surface area contributed by atoms with Crippen molar-refractivity contribution in [2.75, 3.05) is 25.0 Å². The largest absolute Gasteiger partial charge is 0.452 e. The van der Waals surface area contributed by atoms with Crippen molar-refractivity contribution in [3.63, 3.8) is 0 Å². The van der Waals surface area contributed by atoms with E-state index in [0.717, 1.165) is 31.8 Å². The van der Waals surface area contributed by atoms with E-state index in [0.29, 0.717) is 29.9 Å². The minimum Gasteiger partial charge on any atom is -0.452 e. The predicted molar refractivity (Wildman–Crippen MR) is 123 cm³/mol. The molecule has 1 aliphatic rings. The maximum absolute atomic E-state index is 13.2. The van der Waals surface area contributed by atoms with Crippen molar-refractivity contribution in [3.05, 3.63) is 65.5 Å². The highest BCUT2D eigenvalue weighted by Gasteiger charge is 2.27. The SMILES string of the molecule is Cc1ccc(NC(=O)COC(=O)/C=C/c2cccc(F)c2)cc1S(=O)(=O)N1CCCCCC1. The number of rotatable bonds is 7. The van der Waals surface area contributed by atoms with Crippen LogP contribution in [0.25, 0.3) is 6.08 Å². The number of anilines is 1. The summed E-state index contributed by atoms with van der Waals surface area (Å²) in [6.07, 6.45) is 6.15. The summed E-state index contributed by atoms with van der Waals surface area (Å²) in [5, 5.41) is 2.56. The Morgan fingerprint density at radius 2 is 1.82 bits per heavy atom. The maximum atomic E-state index is 13.2. The first kappa shape index (κ1) is 24.6. The summed E-state index contributed by atoms with van der Waals surface area (Å²) in [5.41, 5.74) is 1.37. The number of benzene rings is 2. The molecule has 1 N–H and O–H groups in total. The van der Waals surface area contributed by atoms with Gasteiger partial charge in [0, 0.05) is 24.9 Å². The van der Waals surface area contributed by atoms with Crippen molar-refractivity contribution in [2.24, 2.45) is 0 Å². The van der Waals surface area contributed by atoms with E-state index >= 15 is 0 Å². The van der Waals surface area contributed by atoms with Gasteiger partial charge >= 0.3 is 5.97 Å². The van der Waals surface area contributed by atoms with Gasteiger partial charge in [-0.25, -0.2) is 17.6 Å². The van der Waals surface area contributed by atoms with Gasteiger partial charge in [-0.3, -0.25) is 4.79 Å². The Balaban J connectivity index is 1.60. The first-order valence-electron chi connectivity index (χ1n) is 10.8. The first-order valence-corrected chi connectivity index (χ1v) is 12.2. The molecule has 176 valence electrons. The van der Waals surface area contributed by atoms with Crippen molar-refractivity contribution in [3.8, 4) is 0 Å². The topological polar surface area (TPSA) is 92.8 Å². The number of amides is 1. The molecule has 7 nitrogen and oxygen atoms in total. The summed E-state index contributed by atoms with van der Waals surface area (Å²) in [6, 6.07) is 10.3. The molecule has 0 radical (unpaired) electrons.